The topological polar surface area (TPSA) is 73.2 Å². The van der Waals surface area contributed by atoms with E-state index in [1.54, 1.807) is 4.90 Å². The van der Waals surface area contributed by atoms with Crippen LogP contribution in [0.2, 0.25) is 0 Å². The lowest BCUT2D eigenvalue weighted by molar-refractivity contribution is -0.143. The van der Waals surface area contributed by atoms with Gasteiger partial charge in [0.05, 0.1) is 11.6 Å². The van der Waals surface area contributed by atoms with E-state index in [0.717, 1.165) is 18.9 Å². The molecule has 1 aromatic carbocycles. The molecule has 1 atom stereocenters. The maximum Gasteiger partial charge on any atom is 0.243 e. The number of benzene rings is 1. The molecule has 0 spiro atoms. The number of rotatable bonds is 6. The maximum absolute atomic E-state index is 13.9. The SMILES string of the molecule is CC(C)C[C@H](C(=O)NCc1ccc(C#N)cc1F)N1CCCCC1=O. The molecule has 0 saturated carbocycles. The van der Waals surface area contributed by atoms with Crippen molar-refractivity contribution in [1.82, 2.24) is 10.2 Å². The number of halogens is 1. The molecule has 134 valence electrons. The van der Waals surface area contributed by atoms with Gasteiger partial charge < -0.3 is 10.2 Å². The Balaban J connectivity index is 2.06. The number of hydrogen-bond acceptors (Lipinski definition) is 3. The molecule has 1 aromatic rings. The third kappa shape index (κ3) is 5.02. The van der Waals surface area contributed by atoms with Crippen LogP contribution in [0, 0.1) is 23.1 Å². The highest BCUT2D eigenvalue weighted by molar-refractivity contribution is 5.88. The minimum absolute atomic E-state index is 0.0107. The minimum Gasteiger partial charge on any atom is -0.350 e. The lowest BCUT2D eigenvalue weighted by Gasteiger charge is -2.34. The largest absolute Gasteiger partial charge is 0.350 e. The minimum atomic E-state index is -0.520. The number of likely N-dealkylation sites (tertiary alicyclic amines) is 1. The molecule has 2 rings (SSSR count). The lowest BCUT2D eigenvalue weighted by Crippen LogP contribution is -2.51. The standard InChI is InChI=1S/C19H24FN3O2/c1-13(2)9-17(23-8-4-3-5-18(23)24)19(25)22-12-15-7-6-14(11-21)10-16(15)20/h6-7,10,13,17H,3-5,8-9,12H2,1-2H3,(H,22,25)/t17-/m1/s1. The van der Waals surface area contributed by atoms with Gasteiger partial charge in [-0.3, -0.25) is 9.59 Å². The van der Waals surface area contributed by atoms with E-state index < -0.39 is 11.9 Å². The normalized spacial score (nSPS) is 15.8. The van der Waals surface area contributed by atoms with Crippen molar-refractivity contribution in [2.45, 2.75) is 52.1 Å². The van der Waals surface area contributed by atoms with Gasteiger partial charge in [0.2, 0.25) is 11.8 Å². The maximum atomic E-state index is 13.9. The van der Waals surface area contributed by atoms with E-state index in [-0.39, 0.29) is 29.8 Å². The van der Waals surface area contributed by atoms with Gasteiger partial charge in [-0.05, 0) is 37.3 Å². The van der Waals surface area contributed by atoms with Crippen molar-refractivity contribution in [2.24, 2.45) is 5.92 Å². The summed E-state index contributed by atoms with van der Waals surface area (Å²) in [5.41, 5.74) is 0.560. The van der Waals surface area contributed by atoms with E-state index in [0.29, 0.717) is 24.9 Å². The fraction of sp³-hybridized carbons (Fsp3) is 0.526. The summed E-state index contributed by atoms with van der Waals surface area (Å²) in [6.07, 6.45) is 2.82. The predicted molar refractivity (Wildman–Crippen MR) is 91.8 cm³/mol. The molecule has 0 aromatic heterocycles. The number of carbonyl (C=O) groups is 2. The summed E-state index contributed by atoms with van der Waals surface area (Å²) in [4.78, 5) is 26.5. The molecule has 1 fully saturated rings. The molecule has 1 N–H and O–H groups in total. The average molecular weight is 345 g/mol. The quantitative estimate of drug-likeness (QED) is 0.861. The molecule has 2 amide bonds. The number of nitrogens with one attached hydrogen (secondary N) is 1. The predicted octanol–water partition coefficient (Wildman–Crippen LogP) is 2.74. The zero-order valence-corrected chi connectivity index (χ0v) is 14.7. The molecule has 0 aliphatic carbocycles. The smallest absolute Gasteiger partial charge is 0.243 e. The third-order valence-corrected chi connectivity index (χ3v) is 4.37. The Morgan fingerprint density at radius 3 is 2.76 bits per heavy atom. The summed E-state index contributed by atoms with van der Waals surface area (Å²) in [5.74, 6) is -0.504. The molecule has 1 aliphatic rings. The van der Waals surface area contributed by atoms with Crippen LogP contribution in [0.25, 0.3) is 0 Å². The number of nitrogens with zero attached hydrogens (tertiary/aromatic N) is 2. The van der Waals surface area contributed by atoms with Crippen LogP contribution in [0.4, 0.5) is 4.39 Å². The Morgan fingerprint density at radius 1 is 1.40 bits per heavy atom. The van der Waals surface area contributed by atoms with E-state index >= 15 is 0 Å². The number of carbonyl (C=O) groups excluding carboxylic acids is 2. The van der Waals surface area contributed by atoms with Crippen LogP contribution in [0.1, 0.15) is 50.7 Å². The highest BCUT2D eigenvalue weighted by Gasteiger charge is 2.31. The van der Waals surface area contributed by atoms with Crippen molar-refractivity contribution >= 4 is 11.8 Å². The molecule has 6 heteroatoms. The van der Waals surface area contributed by atoms with Gasteiger partial charge in [-0.1, -0.05) is 19.9 Å². The first-order valence-electron chi connectivity index (χ1n) is 8.68. The summed E-state index contributed by atoms with van der Waals surface area (Å²) in [6.45, 7) is 4.64. The van der Waals surface area contributed by atoms with Crippen LogP contribution in [0.5, 0.6) is 0 Å². The summed E-state index contributed by atoms with van der Waals surface area (Å²) in [6, 6.07) is 5.53. The third-order valence-electron chi connectivity index (χ3n) is 4.37. The van der Waals surface area contributed by atoms with Crippen LogP contribution in [-0.4, -0.2) is 29.3 Å². The van der Waals surface area contributed by atoms with Crippen LogP contribution in [0.15, 0.2) is 18.2 Å². The second-order valence-electron chi connectivity index (χ2n) is 6.83. The number of hydrogen-bond donors (Lipinski definition) is 1. The molecule has 0 radical (unpaired) electrons. The van der Waals surface area contributed by atoms with Gasteiger partial charge in [0.1, 0.15) is 11.9 Å². The van der Waals surface area contributed by atoms with E-state index in [2.05, 4.69) is 5.32 Å². The van der Waals surface area contributed by atoms with Crippen molar-refractivity contribution in [3.8, 4) is 6.07 Å². The highest BCUT2D eigenvalue weighted by atomic mass is 19.1. The van der Waals surface area contributed by atoms with Gasteiger partial charge in [0.25, 0.3) is 0 Å². The molecule has 1 heterocycles. The summed E-state index contributed by atoms with van der Waals surface area (Å²) in [5, 5.41) is 11.5. The second kappa shape index (κ2) is 8.61. The molecule has 1 aliphatic heterocycles. The van der Waals surface area contributed by atoms with Crippen molar-refractivity contribution in [3.63, 3.8) is 0 Å². The Hall–Kier alpha value is -2.42. The van der Waals surface area contributed by atoms with Gasteiger partial charge in [0.15, 0.2) is 0 Å². The highest BCUT2D eigenvalue weighted by Crippen LogP contribution is 2.19. The van der Waals surface area contributed by atoms with Crippen molar-refractivity contribution in [2.75, 3.05) is 6.54 Å². The Bertz CT molecular complexity index is 682. The average Bonchev–Trinajstić information content (AvgIpc) is 2.58. The molecule has 5 nitrogen and oxygen atoms in total. The number of piperidine rings is 1. The first kappa shape index (κ1) is 18.9. The van der Waals surface area contributed by atoms with Gasteiger partial charge in [-0.15, -0.1) is 0 Å². The Kier molecular flexibility index (Phi) is 6.51. The van der Waals surface area contributed by atoms with Crippen molar-refractivity contribution in [1.29, 1.82) is 5.26 Å². The van der Waals surface area contributed by atoms with Gasteiger partial charge >= 0.3 is 0 Å². The van der Waals surface area contributed by atoms with Gasteiger partial charge in [-0.25, -0.2) is 4.39 Å². The molecule has 1 saturated heterocycles. The lowest BCUT2D eigenvalue weighted by atomic mass is 9.98. The Labute approximate surface area is 147 Å². The van der Waals surface area contributed by atoms with Crippen LogP contribution in [0.3, 0.4) is 0 Å². The first-order chi connectivity index (χ1) is 11.9. The molecule has 0 bridgehead atoms. The Morgan fingerprint density at radius 2 is 2.16 bits per heavy atom. The number of amides is 2. The summed E-state index contributed by atoms with van der Waals surface area (Å²) >= 11 is 0. The van der Waals surface area contributed by atoms with Gasteiger partial charge in [-0.2, -0.15) is 5.26 Å². The van der Waals surface area contributed by atoms with Crippen LogP contribution >= 0.6 is 0 Å². The van der Waals surface area contributed by atoms with Gasteiger partial charge in [0, 0.05) is 25.1 Å². The monoisotopic (exact) mass is 345 g/mol. The summed E-state index contributed by atoms with van der Waals surface area (Å²) < 4.78 is 13.9. The fourth-order valence-electron chi connectivity index (χ4n) is 3.04. The van der Waals surface area contributed by atoms with E-state index in [4.69, 9.17) is 5.26 Å². The van der Waals surface area contributed by atoms with Crippen molar-refractivity contribution < 1.29 is 14.0 Å². The zero-order valence-electron chi connectivity index (χ0n) is 14.7. The molecule has 0 unspecified atom stereocenters. The van der Waals surface area contributed by atoms with Crippen molar-refractivity contribution in [3.05, 3.63) is 35.1 Å². The molecule has 25 heavy (non-hydrogen) atoms. The van der Waals surface area contributed by atoms with E-state index in [1.807, 2.05) is 19.9 Å². The molecular weight excluding hydrogens is 321 g/mol. The second-order valence-corrected chi connectivity index (χ2v) is 6.83. The van der Waals surface area contributed by atoms with E-state index in [1.165, 1.54) is 12.1 Å². The molecular formula is C19H24FN3O2. The first-order valence-corrected chi connectivity index (χ1v) is 8.68. The summed E-state index contributed by atoms with van der Waals surface area (Å²) in [7, 11) is 0. The van der Waals surface area contributed by atoms with E-state index in [9.17, 15) is 14.0 Å². The fourth-order valence-corrected chi connectivity index (χ4v) is 3.04. The number of nitriles is 1. The van der Waals surface area contributed by atoms with Crippen LogP contribution < -0.4 is 5.32 Å². The zero-order chi connectivity index (χ0) is 18.4. The van der Waals surface area contributed by atoms with Crippen LogP contribution in [-0.2, 0) is 16.1 Å².